The van der Waals surface area contributed by atoms with Crippen LogP contribution in [-0.4, -0.2) is 11.6 Å². The van der Waals surface area contributed by atoms with Gasteiger partial charge in [0, 0.05) is 18.8 Å². The van der Waals surface area contributed by atoms with Gasteiger partial charge in [-0.15, -0.1) is 0 Å². The van der Waals surface area contributed by atoms with Gasteiger partial charge in [0.2, 0.25) is 0 Å². The van der Waals surface area contributed by atoms with Crippen LogP contribution < -0.4 is 0 Å². The van der Waals surface area contributed by atoms with Crippen LogP contribution >= 0.6 is 0 Å². The maximum absolute atomic E-state index is 11.5. The lowest BCUT2D eigenvalue weighted by atomic mass is 9.84. The van der Waals surface area contributed by atoms with Gasteiger partial charge in [0.1, 0.15) is 11.6 Å². The number of rotatable bonds is 6. The average molecular weight is 210 g/mol. The lowest BCUT2D eigenvalue weighted by Crippen LogP contribution is -2.18. The van der Waals surface area contributed by atoms with Crippen LogP contribution in [-0.2, 0) is 9.59 Å². The van der Waals surface area contributed by atoms with Gasteiger partial charge >= 0.3 is 0 Å². The summed E-state index contributed by atoms with van der Waals surface area (Å²) in [6.07, 6.45) is 9.20. The highest BCUT2D eigenvalue weighted by atomic mass is 16.1. The summed E-state index contributed by atoms with van der Waals surface area (Å²) in [5.74, 6) is 1.10. The average Bonchev–Trinajstić information content (AvgIpc) is 2.20. The lowest BCUT2D eigenvalue weighted by molar-refractivity contribution is -0.124. The molecule has 0 spiro atoms. The number of ketones is 2. The molecule has 0 aromatic heterocycles. The quantitative estimate of drug-likeness (QED) is 0.630. The van der Waals surface area contributed by atoms with Crippen LogP contribution in [0.2, 0.25) is 0 Å². The molecule has 86 valence electrons. The zero-order valence-corrected chi connectivity index (χ0v) is 9.76. The molecule has 0 heterocycles. The van der Waals surface area contributed by atoms with Gasteiger partial charge in [-0.25, -0.2) is 0 Å². The van der Waals surface area contributed by atoms with Crippen LogP contribution in [0.4, 0.5) is 0 Å². The van der Waals surface area contributed by atoms with Gasteiger partial charge in [-0.3, -0.25) is 4.79 Å². The maximum Gasteiger partial charge on any atom is 0.135 e. The fourth-order valence-electron chi connectivity index (χ4n) is 2.30. The second-order valence-electron chi connectivity index (χ2n) is 4.71. The van der Waals surface area contributed by atoms with Crippen molar-refractivity contribution in [2.75, 3.05) is 0 Å². The van der Waals surface area contributed by atoms with Crippen molar-refractivity contribution < 1.29 is 9.59 Å². The second kappa shape index (κ2) is 6.76. The molecule has 1 saturated carbocycles. The zero-order chi connectivity index (χ0) is 11.1. The summed E-state index contributed by atoms with van der Waals surface area (Å²) in [6, 6.07) is 0. The third-order valence-electron chi connectivity index (χ3n) is 3.26. The summed E-state index contributed by atoms with van der Waals surface area (Å²) < 4.78 is 0. The van der Waals surface area contributed by atoms with E-state index in [0.717, 1.165) is 44.9 Å². The van der Waals surface area contributed by atoms with E-state index in [9.17, 15) is 9.59 Å². The van der Waals surface area contributed by atoms with Crippen molar-refractivity contribution in [2.45, 2.75) is 64.7 Å². The summed E-state index contributed by atoms with van der Waals surface area (Å²) >= 11 is 0. The van der Waals surface area contributed by atoms with Gasteiger partial charge in [0.15, 0.2) is 0 Å². The SMILES string of the molecule is CC(=O)CCCCCC1CCCCC1=O. The van der Waals surface area contributed by atoms with E-state index in [-0.39, 0.29) is 5.78 Å². The fourth-order valence-corrected chi connectivity index (χ4v) is 2.30. The Kier molecular flexibility index (Phi) is 5.59. The molecular formula is C13H22O2. The van der Waals surface area contributed by atoms with E-state index in [1.807, 2.05) is 0 Å². The molecule has 0 aromatic rings. The molecule has 0 amide bonds. The van der Waals surface area contributed by atoms with Gasteiger partial charge in [0.25, 0.3) is 0 Å². The molecule has 2 heteroatoms. The van der Waals surface area contributed by atoms with E-state index < -0.39 is 0 Å². The van der Waals surface area contributed by atoms with Crippen LogP contribution in [0.3, 0.4) is 0 Å². The smallest absolute Gasteiger partial charge is 0.135 e. The molecule has 0 bridgehead atoms. The minimum Gasteiger partial charge on any atom is -0.300 e. The molecule has 0 aromatic carbocycles. The molecule has 1 atom stereocenters. The van der Waals surface area contributed by atoms with Crippen molar-refractivity contribution >= 4 is 11.6 Å². The molecule has 1 aliphatic rings. The molecule has 0 saturated heterocycles. The van der Waals surface area contributed by atoms with Crippen LogP contribution in [0.15, 0.2) is 0 Å². The van der Waals surface area contributed by atoms with Crippen LogP contribution in [0.25, 0.3) is 0 Å². The Labute approximate surface area is 92.4 Å². The predicted molar refractivity (Wildman–Crippen MR) is 60.7 cm³/mol. The molecule has 0 N–H and O–H groups in total. The topological polar surface area (TPSA) is 34.1 Å². The summed E-state index contributed by atoms with van der Waals surface area (Å²) in [5, 5.41) is 0. The first-order valence-electron chi connectivity index (χ1n) is 6.22. The normalized spacial score (nSPS) is 21.7. The van der Waals surface area contributed by atoms with E-state index in [1.54, 1.807) is 6.92 Å². The van der Waals surface area contributed by atoms with E-state index in [4.69, 9.17) is 0 Å². The number of hydrogen-bond acceptors (Lipinski definition) is 2. The van der Waals surface area contributed by atoms with Crippen LogP contribution in [0.5, 0.6) is 0 Å². The van der Waals surface area contributed by atoms with Crippen LogP contribution in [0, 0.1) is 5.92 Å². The Morgan fingerprint density at radius 1 is 1.27 bits per heavy atom. The van der Waals surface area contributed by atoms with E-state index in [0.29, 0.717) is 18.1 Å². The van der Waals surface area contributed by atoms with Crippen molar-refractivity contribution in [2.24, 2.45) is 5.92 Å². The Bertz CT molecular complexity index is 221. The van der Waals surface area contributed by atoms with E-state index >= 15 is 0 Å². The Hall–Kier alpha value is -0.660. The maximum atomic E-state index is 11.5. The van der Waals surface area contributed by atoms with Crippen molar-refractivity contribution in [3.05, 3.63) is 0 Å². The molecule has 0 radical (unpaired) electrons. The minimum absolute atomic E-state index is 0.281. The molecule has 1 unspecified atom stereocenters. The number of carbonyl (C=O) groups excluding carboxylic acids is 2. The predicted octanol–water partition coefficient (Wildman–Crippen LogP) is 3.29. The van der Waals surface area contributed by atoms with Crippen molar-refractivity contribution in [3.8, 4) is 0 Å². The standard InChI is InChI=1S/C13H22O2/c1-11(14)7-3-2-4-8-12-9-5-6-10-13(12)15/h12H,2-10H2,1H3. The largest absolute Gasteiger partial charge is 0.300 e. The highest BCUT2D eigenvalue weighted by Gasteiger charge is 2.21. The monoisotopic (exact) mass is 210 g/mol. The Morgan fingerprint density at radius 2 is 2.07 bits per heavy atom. The fraction of sp³-hybridized carbons (Fsp3) is 0.846. The summed E-state index contributed by atoms with van der Waals surface area (Å²) in [7, 11) is 0. The third kappa shape index (κ3) is 5.10. The third-order valence-corrected chi connectivity index (χ3v) is 3.26. The van der Waals surface area contributed by atoms with Gasteiger partial charge in [-0.2, -0.15) is 0 Å². The summed E-state index contributed by atoms with van der Waals surface area (Å²) in [4.78, 5) is 22.2. The zero-order valence-electron chi connectivity index (χ0n) is 9.76. The van der Waals surface area contributed by atoms with Gasteiger partial charge < -0.3 is 4.79 Å². The summed E-state index contributed by atoms with van der Waals surface area (Å²) in [6.45, 7) is 1.64. The van der Waals surface area contributed by atoms with Gasteiger partial charge in [-0.05, 0) is 32.6 Å². The second-order valence-corrected chi connectivity index (χ2v) is 4.71. The lowest BCUT2D eigenvalue weighted by Gasteiger charge is -2.19. The molecule has 15 heavy (non-hydrogen) atoms. The Morgan fingerprint density at radius 3 is 2.73 bits per heavy atom. The van der Waals surface area contributed by atoms with E-state index in [2.05, 4.69) is 0 Å². The number of hydrogen-bond donors (Lipinski definition) is 0. The molecule has 2 nitrogen and oxygen atoms in total. The molecule has 1 rings (SSSR count). The first kappa shape index (κ1) is 12.4. The Balaban J connectivity index is 2.03. The van der Waals surface area contributed by atoms with Crippen molar-refractivity contribution in [1.82, 2.24) is 0 Å². The molecule has 0 aliphatic heterocycles. The molecule has 1 aliphatic carbocycles. The van der Waals surface area contributed by atoms with Gasteiger partial charge in [-0.1, -0.05) is 19.3 Å². The molecule has 1 fully saturated rings. The number of Topliss-reactive ketones (excluding diaryl/α,β-unsaturated/α-hetero) is 2. The number of unbranched alkanes of at least 4 members (excludes halogenated alkanes) is 2. The molecular weight excluding hydrogens is 188 g/mol. The highest BCUT2D eigenvalue weighted by molar-refractivity contribution is 5.81. The first-order chi connectivity index (χ1) is 7.20. The van der Waals surface area contributed by atoms with Crippen LogP contribution in [0.1, 0.15) is 64.7 Å². The van der Waals surface area contributed by atoms with Gasteiger partial charge in [0.05, 0.1) is 0 Å². The first-order valence-corrected chi connectivity index (χ1v) is 6.22. The van der Waals surface area contributed by atoms with Crippen molar-refractivity contribution in [1.29, 1.82) is 0 Å². The van der Waals surface area contributed by atoms with Crippen molar-refractivity contribution in [3.63, 3.8) is 0 Å². The highest BCUT2D eigenvalue weighted by Crippen LogP contribution is 2.25. The summed E-state index contributed by atoms with van der Waals surface area (Å²) in [5.41, 5.74) is 0. The van der Waals surface area contributed by atoms with E-state index in [1.165, 1.54) is 6.42 Å². The minimum atomic E-state index is 0.281. The number of carbonyl (C=O) groups is 2.